The monoisotopic (exact) mass is 347 g/mol. The van der Waals surface area contributed by atoms with Crippen molar-refractivity contribution >= 4 is 28.8 Å². The SMILES string of the molecule is CCOC(=O)N1CCc2nc3ccc(F)cc3c(NC(=O)OC)c2C1. The van der Waals surface area contributed by atoms with E-state index in [4.69, 9.17) is 4.74 Å². The Morgan fingerprint density at radius 2 is 2.20 bits per heavy atom. The standard InChI is InChI=1S/C17H18FN3O4/c1-3-25-17(23)21-7-6-14-12(9-21)15(20-16(22)24-2)11-8-10(18)4-5-13(11)19-14/h4-5,8H,3,6-7,9H2,1-2H3,(H,19,20,22). The average Bonchev–Trinajstić information content (AvgIpc) is 2.61. The van der Waals surface area contributed by atoms with Crippen molar-refractivity contribution in [2.45, 2.75) is 19.9 Å². The molecule has 0 atom stereocenters. The first-order valence-corrected chi connectivity index (χ1v) is 7.91. The normalized spacial score (nSPS) is 13.3. The van der Waals surface area contributed by atoms with Gasteiger partial charge in [-0.1, -0.05) is 0 Å². The molecule has 0 aliphatic carbocycles. The van der Waals surface area contributed by atoms with Gasteiger partial charge in [-0.2, -0.15) is 0 Å². The largest absolute Gasteiger partial charge is 0.453 e. The van der Waals surface area contributed by atoms with Crippen LogP contribution in [0.3, 0.4) is 0 Å². The van der Waals surface area contributed by atoms with Crippen LogP contribution in [0.1, 0.15) is 18.2 Å². The second-order valence-corrected chi connectivity index (χ2v) is 5.56. The molecule has 8 heteroatoms. The number of hydrogen-bond acceptors (Lipinski definition) is 5. The zero-order valence-corrected chi connectivity index (χ0v) is 14.0. The summed E-state index contributed by atoms with van der Waals surface area (Å²) in [5, 5.41) is 3.09. The maximum atomic E-state index is 13.7. The van der Waals surface area contributed by atoms with Gasteiger partial charge in [0, 0.05) is 29.6 Å². The fraction of sp³-hybridized carbons (Fsp3) is 0.353. The van der Waals surface area contributed by atoms with Crippen LogP contribution in [0.5, 0.6) is 0 Å². The zero-order valence-electron chi connectivity index (χ0n) is 14.0. The molecule has 2 amide bonds. The molecule has 2 aromatic rings. The number of aromatic nitrogens is 1. The van der Waals surface area contributed by atoms with Crippen molar-refractivity contribution in [3.63, 3.8) is 0 Å². The number of rotatable bonds is 2. The molecule has 1 aromatic heterocycles. The Morgan fingerprint density at radius 1 is 1.40 bits per heavy atom. The van der Waals surface area contributed by atoms with Crippen LogP contribution in [0, 0.1) is 5.82 Å². The summed E-state index contributed by atoms with van der Waals surface area (Å²) in [6.45, 7) is 2.69. The van der Waals surface area contributed by atoms with Gasteiger partial charge < -0.3 is 14.4 Å². The van der Waals surface area contributed by atoms with Crippen molar-refractivity contribution in [2.24, 2.45) is 0 Å². The lowest BCUT2D eigenvalue weighted by atomic mass is 10.00. The van der Waals surface area contributed by atoms with Gasteiger partial charge in [-0.15, -0.1) is 0 Å². The van der Waals surface area contributed by atoms with Gasteiger partial charge in [0.15, 0.2) is 0 Å². The molecule has 1 aliphatic rings. The number of fused-ring (bicyclic) bond motifs is 2. The number of ether oxygens (including phenoxy) is 2. The highest BCUT2D eigenvalue weighted by Crippen LogP contribution is 2.33. The Morgan fingerprint density at radius 3 is 2.92 bits per heavy atom. The molecule has 0 unspecified atom stereocenters. The predicted octanol–water partition coefficient (Wildman–Crippen LogP) is 3.07. The lowest BCUT2D eigenvalue weighted by Gasteiger charge is -2.29. The number of carbonyl (C=O) groups excluding carboxylic acids is 2. The topological polar surface area (TPSA) is 80.8 Å². The Kier molecular flexibility index (Phi) is 4.69. The maximum absolute atomic E-state index is 13.7. The first-order chi connectivity index (χ1) is 12.0. The van der Waals surface area contributed by atoms with E-state index in [1.165, 1.54) is 24.1 Å². The molecule has 0 radical (unpaired) electrons. The van der Waals surface area contributed by atoms with Gasteiger partial charge >= 0.3 is 12.2 Å². The van der Waals surface area contributed by atoms with Crippen molar-refractivity contribution in [3.8, 4) is 0 Å². The number of methoxy groups -OCH3 is 1. The Labute approximate surface area is 143 Å². The molecule has 132 valence electrons. The lowest BCUT2D eigenvalue weighted by Crippen LogP contribution is -2.37. The van der Waals surface area contributed by atoms with E-state index in [0.29, 0.717) is 35.1 Å². The quantitative estimate of drug-likeness (QED) is 0.903. The Hall–Kier alpha value is -2.90. The Balaban J connectivity index is 2.10. The average molecular weight is 347 g/mol. The molecule has 0 saturated heterocycles. The van der Waals surface area contributed by atoms with Crippen LogP contribution < -0.4 is 5.32 Å². The van der Waals surface area contributed by atoms with Gasteiger partial charge in [0.2, 0.25) is 0 Å². The van der Waals surface area contributed by atoms with E-state index in [1.54, 1.807) is 13.0 Å². The molecule has 25 heavy (non-hydrogen) atoms. The number of benzene rings is 1. The van der Waals surface area contributed by atoms with Crippen LogP contribution in [0.15, 0.2) is 18.2 Å². The van der Waals surface area contributed by atoms with E-state index < -0.39 is 18.0 Å². The number of amides is 2. The van der Waals surface area contributed by atoms with Crippen LogP contribution in [0.4, 0.5) is 19.7 Å². The summed E-state index contributed by atoms with van der Waals surface area (Å²) < 4.78 is 23.4. The number of nitrogens with zero attached hydrogens (tertiary/aromatic N) is 2. The fourth-order valence-electron chi connectivity index (χ4n) is 2.88. The Bertz CT molecular complexity index is 840. The number of hydrogen-bond donors (Lipinski definition) is 1. The molecule has 2 heterocycles. The maximum Gasteiger partial charge on any atom is 0.411 e. The summed E-state index contributed by atoms with van der Waals surface area (Å²) in [5.74, 6) is -0.444. The van der Waals surface area contributed by atoms with Gasteiger partial charge in [-0.3, -0.25) is 10.3 Å². The summed E-state index contributed by atoms with van der Waals surface area (Å²) in [7, 11) is 1.25. The summed E-state index contributed by atoms with van der Waals surface area (Å²) in [6.07, 6.45) is -0.596. The second-order valence-electron chi connectivity index (χ2n) is 5.56. The third-order valence-corrected chi connectivity index (χ3v) is 4.04. The molecule has 1 aliphatic heterocycles. The molecule has 0 saturated carbocycles. The minimum absolute atomic E-state index is 0.215. The van der Waals surface area contributed by atoms with Gasteiger partial charge in [0.05, 0.1) is 31.5 Å². The van der Waals surface area contributed by atoms with E-state index in [2.05, 4.69) is 15.0 Å². The number of pyridine rings is 1. The first kappa shape index (κ1) is 16.9. The molecular formula is C17H18FN3O4. The van der Waals surface area contributed by atoms with E-state index in [0.717, 1.165) is 5.69 Å². The van der Waals surface area contributed by atoms with Crippen LogP contribution in [-0.2, 0) is 22.4 Å². The van der Waals surface area contributed by atoms with Crippen molar-refractivity contribution < 1.29 is 23.5 Å². The highest BCUT2D eigenvalue weighted by atomic mass is 19.1. The smallest absolute Gasteiger partial charge is 0.411 e. The molecule has 0 spiro atoms. The van der Waals surface area contributed by atoms with Crippen molar-refractivity contribution in [1.29, 1.82) is 0 Å². The van der Waals surface area contributed by atoms with Gasteiger partial charge in [0.25, 0.3) is 0 Å². The highest BCUT2D eigenvalue weighted by Gasteiger charge is 2.27. The minimum atomic E-state index is -0.674. The zero-order chi connectivity index (χ0) is 18.0. The second kappa shape index (κ2) is 6.92. The summed E-state index contributed by atoms with van der Waals surface area (Å²) in [4.78, 5) is 29.9. The first-order valence-electron chi connectivity index (χ1n) is 7.91. The summed E-state index contributed by atoms with van der Waals surface area (Å²) in [5.41, 5.74) is 2.38. The molecular weight excluding hydrogens is 329 g/mol. The third kappa shape index (κ3) is 3.33. The van der Waals surface area contributed by atoms with E-state index in [-0.39, 0.29) is 13.2 Å². The van der Waals surface area contributed by atoms with Gasteiger partial charge in [0.1, 0.15) is 5.82 Å². The number of carbonyl (C=O) groups is 2. The number of halogens is 1. The lowest BCUT2D eigenvalue weighted by molar-refractivity contribution is 0.102. The fourth-order valence-corrected chi connectivity index (χ4v) is 2.88. The van der Waals surface area contributed by atoms with E-state index in [9.17, 15) is 14.0 Å². The van der Waals surface area contributed by atoms with E-state index >= 15 is 0 Å². The van der Waals surface area contributed by atoms with Crippen LogP contribution in [0.25, 0.3) is 10.9 Å². The van der Waals surface area contributed by atoms with Gasteiger partial charge in [-0.25, -0.2) is 14.0 Å². The van der Waals surface area contributed by atoms with Crippen molar-refractivity contribution in [3.05, 3.63) is 35.3 Å². The highest BCUT2D eigenvalue weighted by molar-refractivity contribution is 6.00. The van der Waals surface area contributed by atoms with Crippen LogP contribution in [-0.4, -0.2) is 42.3 Å². The molecule has 0 bridgehead atoms. The van der Waals surface area contributed by atoms with Crippen LogP contribution in [0.2, 0.25) is 0 Å². The predicted molar refractivity (Wildman–Crippen MR) is 88.9 cm³/mol. The molecule has 7 nitrogen and oxygen atoms in total. The van der Waals surface area contributed by atoms with E-state index in [1.807, 2.05) is 0 Å². The minimum Gasteiger partial charge on any atom is -0.453 e. The molecule has 1 N–H and O–H groups in total. The molecule has 3 rings (SSSR count). The number of nitrogens with one attached hydrogen (secondary N) is 1. The molecule has 0 fully saturated rings. The van der Waals surface area contributed by atoms with Crippen molar-refractivity contribution in [1.82, 2.24) is 9.88 Å². The summed E-state index contributed by atoms with van der Waals surface area (Å²) >= 11 is 0. The third-order valence-electron chi connectivity index (χ3n) is 4.04. The van der Waals surface area contributed by atoms with Crippen LogP contribution >= 0.6 is 0 Å². The molecule has 1 aromatic carbocycles. The van der Waals surface area contributed by atoms with Gasteiger partial charge in [-0.05, 0) is 25.1 Å². The number of anilines is 1. The summed E-state index contributed by atoms with van der Waals surface area (Å²) in [6, 6.07) is 4.18. The van der Waals surface area contributed by atoms with Crippen molar-refractivity contribution in [2.75, 3.05) is 25.6 Å².